The third-order valence-electron chi connectivity index (χ3n) is 4.07. The SMILES string of the molecule is Cc1ccc(-n2nc(C3(C)CC3)cc2NC(=O)OCC(Cl)(Cl)Cl)cn1. The number of amides is 1. The number of alkyl halides is 3. The Labute approximate surface area is 160 Å². The van der Waals surface area contributed by atoms with Crippen LogP contribution >= 0.6 is 34.8 Å². The molecule has 0 atom stereocenters. The molecule has 2 aromatic rings. The highest BCUT2D eigenvalue weighted by Gasteiger charge is 2.42. The van der Waals surface area contributed by atoms with Crippen molar-refractivity contribution in [3.8, 4) is 5.69 Å². The first-order valence-corrected chi connectivity index (χ1v) is 8.84. The molecule has 1 amide bonds. The van der Waals surface area contributed by atoms with Gasteiger partial charge in [0.15, 0.2) is 0 Å². The molecule has 3 rings (SSSR count). The number of halogens is 3. The second-order valence-electron chi connectivity index (χ2n) is 6.36. The Morgan fingerprint density at radius 1 is 1.40 bits per heavy atom. The molecule has 1 fully saturated rings. The molecule has 1 aliphatic rings. The van der Waals surface area contributed by atoms with Gasteiger partial charge in [-0.25, -0.2) is 9.48 Å². The summed E-state index contributed by atoms with van der Waals surface area (Å²) in [4.78, 5) is 16.3. The fourth-order valence-corrected chi connectivity index (χ4v) is 2.44. The van der Waals surface area contributed by atoms with Crippen molar-refractivity contribution in [1.29, 1.82) is 0 Å². The first-order chi connectivity index (χ1) is 11.7. The minimum absolute atomic E-state index is 0.0429. The molecule has 0 unspecified atom stereocenters. The lowest BCUT2D eigenvalue weighted by molar-refractivity contribution is 0.163. The van der Waals surface area contributed by atoms with Gasteiger partial charge in [-0.05, 0) is 31.9 Å². The zero-order chi connectivity index (χ0) is 18.2. The van der Waals surface area contributed by atoms with Crippen molar-refractivity contribution >= 4 is 46.7 Å². The van der Waals surface area contributed by atoms with E-state index in [0.29, 0.717) is 5.82 Å². The fraction of sp³-hybridized carbons (Fsp3) is 0.438. The van der Waals surface area contributed by atoms with Crippen LogP contribution in [0.1, 0.15) is 31.2 Å². The standard InChI is InChI=1S/C16H17Cl3N4O2/c1-10-3-4-11(8-20-10)23-13(7-12(22-23)15(2)5-6-15)21-14(24)25-9-16(17,18)19/h3-4,7-8H,5-6,9H2,1-2H3,(H,21,24). The van der Waals surface area contributed by atoms with Crippen molar-refractivity contribution in [2.45, 2.75) is 35.9 Å². The summed E-state index contributed by atoms with van der Waals surface area (Å²) in [5.74, 6) is 0.475. The number of pyridine rings is 1. The van der Waals surface area contributed by atoms with Crippen molar-refractivity contribution in [2.75, 3.05) is 11.9 Å². The Balaban J connectivity index is 1.85. The predicted octanol–water partition coefficient (Wildman–Crippen LogP) is 4.55. The van der Waals surface area contributed by atoms with E-state index < -0.39 is 9.89 Å². The van der Waals surface area contributed by atoms with Gasteiger partial charge in [0, 0.05) is 17.2 Å². The quantitative estimate of drug-likeness (QED) is 0.761. The maximum absolute atomic E-state index is 12.0. The number of nitrogens with one attached hydrogen (secondary N) is 1. The number of aromatic nitrogens is 3. The van der Waals surface area contributed by atoms with Crippen molar-refractivity contribution in [2.24, 2.45) is 0 Å². The third kappa shape index (κ3) is 4.57. The van der Waals surface area contributed by atoms with Crippen LogP contribution < -0.4 is 5.32 Å². The summed E-state index contributed by atoms with van der Waals surface area (Å²) < 4.78 is 4.89. The Kier molecular flexibility index (Phi) is 4.88. The van der Waals surface area contributed by atoms with Gasteiger partial charge in [0.1, 0.15) is 12.4 Å². The summed E-state index contributed by atoms with van der Waals surface area (Å²) in [5.41, 5.74) is 2.57. The molecular formula is C16H17Cl3N4O2. The van der Waals surface area contributed by atoms with Crippen molar-refractivity contribution in [1.82, 2.24) is 14.8 Å². The molecule has 1 saturated carbocycles. The van der Waals surface area contributed by atoms with E-state index in [1.165, 1.54) is 0 Å². The second kappa shape index (κ2) is 6.67. The molecule has 9 heteroatoms. The number of rotatable bonds is 4. The average molecular weight is 404 g/mol. The molecule has 0 aromatic carbocycles. The lowest BCUT2D eigenvalue weighted by Crippen LogP contribution is -2.22. The van der Waals surface area contributed by atoms with Crippen LogP contribution in [0.25, 0.3) is 5.69 Å². The number of hydrogen-bond donors (Lipinski definition) is 1. The molecule has 0 saturated heterocycles. The second-order valence-corrected chi connectivity index (χ2v) is 8.88. The molecule has 1 N–H and O–H groups in total. The molecule has 2 aromatic heterocycles. The maximum atomic E-state index is 12.0. The van der Waals surface area contributed by atoms with Gasteiger partial charge in [0.2, 0.25) is 3.79 Å². The van der Waals surface area contributed by atoms with Gasteiger partial charge in [0.25, 0.3) is 0 Å². The van der Waals surface area contributed by atoms with Crippen molar-refractivity contribution in [3.63, 3.8) is 0 Å². The number of anilines is 1. The van der Waals surface area contributed by atoms with E-state index in [1.54, 1.807) is 10.9 Å². The number of carbonyl (C=O) groups excluding carboxylic acids is 1. The molecule has 0 bridgehead atoms. The first-order valence-electron chi connectivity index (χ1n) is 7.70. The third-order valence-corrected chi connectivity index (χ3v) is 4.39. The van der Waals surface area contributed by atoms with Crippen molar-refractivity contribution < 1.29 is 9.53 Å². The van der Waals surface area contributed by atoms with Crippen LogP contribution in [0.2, 0.25) is 0 Å². The zero-order valence-corrected chi connectivity index (χ0v) is 16.0. The fourth-order valence-electron chi connectivity index (χ4n) is 2.28. The predicted molar refractivity (Wildman–Crippen MR) is 97.9 cm³/mol. The highest BCUT2D eigenvalue weighted by molar-refractivity contribution is 6.67. The molecule has 0 radical (unpaired) electrons. The average Bonchev–Trinajstić information content (AvgIpc) is 3.14. The Morgan fingerprint density at radius 3 is 2.68 bits per heavy atom. The van der Waals surface area contributed by atoms with Crippen LogP contribution in [-0.4, -0.2) is 31.3 Å². The number of aryl methyl sites for hydroxylation is 1. The minimum atomic E-state index is -1.66. The van der Waals surface area contributed by atoms with Crippen LogP contribution in [0, 0.1) is 6.92 Å². The largest absolute Gasteiger partial charge is 0.445 e. The van der Waals surface area contributed by atoms with Gasteiger partial charge in [-0.1, -0.05) is 41.7 Å². The van der Waals surface area contributed by atoms with Gasteiger partial charge in [0.05, 0.1) is 17.6 Å². The maximum Gasteiger partial charge on any atom is 0.412 e. The summed E-state index contributed by atoms with van der Waals surface area (Å²) >= 11 is 16.8. The van der Waals surface area contributed by atoms with Gasteiger partial charge in [-0.15, -0.1) is 0 Å². The topological polar surface area (TPSA) is 69.0 Å². The van der Waals surface area contributed by atoms with E-state index in [0.717, 1.165) is 29.9 Å². The van der Waals surface area contributed by atoms with E-state index in [1.807, 2.05) is 25.1 Å². The van der Waals surface area contributed by atoms with E-state index in [9.17, 15) is 4.79 Å². The Morgan fingerprint density at radius 2 is 2.12 bits per heavy atom. The molecule has 0 spiro atoms. The number of nitrogens with zero attached hydrogens (tertiary/aromatic N) is 3. The molecule has 6 nitrogen and oxygen atoms in total. The van der Waals surface area contributed by atoms with Crippen LogP contribution in [0.4, 0.5) is 10.6 Å². The molecular weight excluding hydrogens is 387 g/mol. The highest BCUT2D eigenvalue weighted by Crippen LogP contribution is 2.47. The van der Waals surface area contributed by atoms with Crippen LogP contribution in [0.3, 0.4) is 0 Å². The molecule has 0 aliphatic heterocycles. The smallest absolute Gasteiger partial charge is 0.412 e. The Hall–Kier alpha value is -1.50. The van der Waals surface area contributed by atoms with E-state index in [-0.39, 0.29) is 12.0 Å². The molecule has 25 heavy (non-hydrogen) atoms. The summed E-state index contributed by atoms with van der Waals surface area (Å²) in [7, 11) is 0. The number of ether oxygens (including phenoxy) is 1. The van der Waals surface area contributed by atoms with Crippen LogP contribution in [-0.2, 0) is 10.2 Å². The first kappa shape index (κ1) is 18.3. The van der Waals surface area contributed by atoms with Crippen LogP contribution in [0.15, 0.2) is 24.4 Å². The molecule has 1 aliphatic carbocycles. The summed E-state index contributed by atoms with van der Waals surface area (Å²) in [6.45, 7) is 3.68. The monoisotopic (exact) mass is 402 g/mol. The zero-order valence-electron chi connectivity index (χ0n) is 13.7. The normalized spacial score (nSPS) is 15.7. The summed E-state index contributed by atoms with van der Waals surface area (Å²) in [5, 5.41) is 7.29. The Bertz CT molecular complexity index is 780. The van der Waals surface area contributed by atoms with E-state index in [4.69, 9.17) is 39.5 Å². The van der Waals surface area contributed by atoms with Gasteiger partial charge in [-0.2, -0.15) is 5.10 Å². The summed E-state index contributed by atoms with van der Waals surface area (Å²) in [6.07, 6.45) is 3.10. The van der Waals surface area contributed by atoms with Crippen LogP contribution in [0.5, 0.6) is 0 Å². The molecule has 2 heterocycles. The minimum Gasteiger partial charge on any atom is -0.445 e. The lowest BCUT2D eigenvalue weighted by Gasteiger charge is -2.12. The molecule has 134 valence electrons. The van der Waals surface area contributed by atoms with E-state index >= 15 is 0 Å². The highest BCUT2D eigenvalue weighted by atomic mass is 35.6. The lowest BCUT2D eigenvalue weighted by atomic mass is 10.1. The van der Waals surface area contributed by atoms with E-state index in [2.05, 4.69) is 22.3 Å². The van der Waals surface area contributed by atoms with Crippen molar-refractivity contribution in [3.05, 3.63) is 35.8 Å². The number of hydrogen-bond acceptors (Lipinski definition) is 4. The summed E-state index contributed by atoms with van der Waals surface area (Å²) in [6, 6.07) is 5.59. The van der Waals surface area contributed by atoms with Gasteiger partial charge < -0.3 is 4.74 Å². The van der Waals surface area contributed by atoms with Gasteiger partial charge in [-0.3, -0.25) is 10.3 Å². The number of carbonyl (C=O) groups is 1. The van der Waals surface area contributed by atoms with Gasteiger partial charge >= 0.3 is 6.09 Å².